The summed E-state index contributed by atoms with van der Waals surface area (Å²) in [5, 5.41) is 9.11. The van der Waals surface area contributed by atoms with Crippen molar-refractivity contribution in [1.29, 1.82) is 0 Å². The summed E-state index contributed by atoms with van der Waals surface area (Å²) in [6.07, 6.45) is 2.72. The molecule has 2 aliphatic rings. The Kier molecular flexibility index (Phi) is 6.14. The molecule has 2 aliphatic heterocycles. The van der Waals surface area contributed by atoms with Crippen LogP contribution >= 0.6 is 0 Å². The van der Waals surface area contributed by atoms with E-state index in [1.807, 2.05) is 32.0 Å². The Morgan fingerprint density at radius 3 is 2.62 bits per heavy atom. The van der Waals surface area contributed by atoms with Crippen LogP contribution in [0.2, 0.25) is 0 Å². The van der Waals surface area contributed by atoms with Crippen molar-refractivity contribution in [3.05, 3.63) is 24.3 Å². The average Bonchev–Trinajstić information content (AvgIpc) is 3.07. The van der Waals surface area contributed by atoms with Gasteiger partial charge in [-0.15, -0.1) is 0 Å². The zero-order valence-corrected chi connectivity index (χ0v) is 15.8. The van der Waals surface area contributed by atoms with Crippen molar-refractivity contribution in [2.75, 3.05) is 36.4 Å². The molecule has 1 aromatic rings. The molecule has 6 heteroatoms. The van der Waals surface area contributed by atoms with Gasteiger partial charge in [-0.2, -0.15) is 0 Å². The van der Waals surface area contributed by atoms with Gasteiger partial charge in [0, 0.05) is 42.8 Å². The second kappa shape index (κ2) is 8.54. The van der Waals surface area contributed by atoms with E-state index in [0.29, 0.717) is 5.92 Å². The van der Waals surface area contributed by atoms with E-state index in [1.54, 1.807) is 0 Å². The van der Waals surface area contributed by atoms with Crippen molar-refractivity contribution in [3.8, 4) is 0 Å². The molecule has 6 nitrogen and oxygen atoms in total. The van der Waals surface area contributed by atoms with Crippen LogP contribution < -0.4 is 20.9 Å². The topological polar surface area (TPSA) is 73.5 Å². The van der Waals surface area contributed by atoms with Gasteiger partial charge in [-0.1, -0.05) is 13.0 Å². The maximum absolute atomic E-state index is 12.3. The van der Waals surface area contributed by atoms with E-state index in [0.717, 1.165) is 37.6 Å². The van der Waals surface area contributed by atoms with Gasteiger partial charge in [0.1, 0.15) is 0 Å². The third kappa shape index (κ3) is 4.75. The molecule has 3 rings (SSSR count). The van der Waals surface area contributed by atoms with Crippen LogP contribution in [0.3, 0.4) is 0 Å². The number of amides is 2. The number of carbonyl (C=O) groups excluding carboxylic acids is 2. The summed E-state index contributed by atoms with van der Waals surface area (Å²) < 4.78 is 0. The molecule has 26 heavy (non-hydrogen) atoms. The van der Waals surface area contributed by atoms with E-state index < -0.39 is 0 Å². The largest absolute Gasteiger partial charge is 0.371 e. The lowest BCUT2D eigenvalue weighted by atomic mass is 9.88. The highest BCUT2D eigenvalue weighted by Gasteiger charge is 2.29. The van der Waals surface area contributed by atoms with Crippen molar-refractivity contribution in [2.24, 2.45) is 11.8 Å². The van der Waals surface area contributed by atoms with E-state index in [-0.39, 0.29) is 30.2 Å². The fourth-order valence-electron chi connectivity index (χ4n) is 3.55. The number of rotatable bonds is 7. The third-order valence-electron chi connectivity index (χ3n) is 5.42. The summed E-state index contributed by atoms with van der Waals surface area (Å²) in [7, 11) is 0. The molecule has 2 fully saturated rings. The molecule has 2 amide bonds. The molecular weight excluding hydrogens is 328 g/mol. The second-order valence-electron chi connectivity index (χ2n) is 7.61. The summed E-state index contributed by atoms with van der Waals surface area (Å²) in [4.78, 5) is 26.9. The summed E-state index contributed by atoms with van der Waals surface area (Å²) in [5.74, 6) is 0.352. The van der Waals surface area contributed by atoms with Crippen LogP contribution in [0.1, 0.15) is 33.1 Å². The molecule has 0 spiro atoms. The lowest BCUT2D eigenvalue weighted by Crippen LogP contribution is -2.50. The van der Waals surface area contributed by atoms with E-state index in [2.05, 4.69) is 26.9 Å². The molecule has 0 aliphatic carbocycles. The van der Waals surface area contributed by atoms with E-state index in [4.69, 9.17) is 0 Å². The molecule has 3 N–H and O–H groups in total. The van der Waals surface area contributed by atoms with Gasteiger partial charge in [0.25, 0.3) is 0 Å². The van der Waals surface area contributed by atoms with Crippen molar-refractivity contribution < 1.29 is 9.59 Å². The maximum Gasteiger partial charge on any atom is 0.226 e. The molecule has 142 valence electrons. The number of hydrogen-bond acceptors (Lipinski definition) is 4. The zero-order chi connectivity index (χ0) is 18.5. The minimum Gasteiger partial charge on any atom is -0.371 e. The Hall–Kier alpha value is -2.08. The van der Waals surface area contributed by atoms with E-state index in [1.165, 1.54) is 12.8 Å². The Morgan fingerprint density at radius 1 is 1.23 bits per heavy atom. The predicted molar refractivity (Wildman–Crippen MR) is 104 cm³/mol. The van der Waals surface area contributed by atoms with Gasteiger partial charge < -0.3 is 20.9 Å². The van der Waals surface area contributed by atoms with Gasteiger partial charge >= 0.3 is 0 Å². The fourth-order valence-corrected chi connectivity index (χ4v) is 3.55. The van der Waals surface area contributed by atoms with Crippen LogP contribution in [0.5, 0.6) is 0 Å². The van der Waals surface area contributed by atoms with Gasteiger partial charge in [-0.25, -0.2) is 0 Å². The highest BCUT2D eigenvalue weighted by atomic mass is 16.2. The number of nitrogens with one attached hydrogen (secondary N) is 3. The lowest BCUT2D eigenvalue weighted by molar-refractivity contribution is -0.127. The van der Waals surface area contributed by atoms with E-state index >= 15 is 0 Å². The van der Waals surface area contributed by atoms with Crippen molar-refractivity contribution in [2.45, 2.75) is 39.2 Å². The Balaban J connectivity index is 1.47. The van der Waals surface area contributed by atoms with Crippen LogP contribution in [0.25, 0.3) is 0 Å². The van der Waals surface area contributed by atoms with Crippen LogP contribution in [-0.2, 0) is 9.59 Å². The Labute approximate surface area is 155 Å². The van der Waals surface area contributed by atoms with Crippen LogP contribution in [-0.4, -0.2) is 44.0 Å². The summed E-state index contributed by atoms with van der Waals surface area (Å²) in [5.41, 5.74) is 1.97. The first-order valence-electron chi connectivity index (χ1n) is 9.69. The highest BCUT2D eigenvalue weighted by molar-refractivity contribution is 5.92. The standard InChI is InChI=1S/C20H30N4O2/c1-14(22-20(26)15(2)16-12-21-13-16)10-19(25)23-17-6-5-7-18(11-17)24-8-3-4-9-24/h5-7,11,14-16,21H,3-4,8-10,12-13H2,1-2H3,(H,22,26)(H,23,25). The van der Waals surface area contributed by atoms with Crippen molar-refractivity contribution >= 4 is 23.2 Å². The zero-order valence-electron chi connectivity index (χ0n) is 15.8. The molecule has 1 aromatic carbocycles. The number of anilines is 2. The minimum atomic E-state index is -0.181. The van der Waals surface area contributed by atoms with Crippen LogP contribution in [0.4, 0.5) is 11.4 Å². The third-order valence-corrected chi connectivity index (χ3v) is 5.42. The number of nitrogens with zero attached hydrogens (tertiary/aromatic N) is 1. The summed E-state index contributed by atoms with van der Waals surface area (Å²) in [6, 6.07) is 7.81. The summed E-state index contributed by atoms with van der Waals surface area (Å²) >= 11 is 0. The number of benzene rings is 1. The second-order valence-corrected chi connectivity index (χ2v) is 7.61. The predicted octanol–water partition coefficient (Wildman–Crippen LogP) is 1.98. The minimum absolute atomic E-state index is 0.0149. The molecule has 0 bridgehead atoms. The normalized spacial score (nSPS) is 19.5. The fraction of sp³-hybridized carbons (Fsp3) is 0.600. The number of hydrogen-bond donors (Lipinski definition) is 3. The summed E-state index contributed by atoms with van der Waals surface area (Å²) in [6.45, 7) is 7.79. The monoisotopic (exact) mass is 358 g/mol. The van der Waals surface area contributed by atoms with Crippen LogP contribution in [0, 0.1) is 11.8 Å². The Morgan fingerprint density at radius 2 is 1.96 bits per heavy atom. The first kappa shape index (κ1) is 18.7. The molecule has 2 atom stereocenters. The first-order chi connectivity index (χ1) is 12.5. The molecule has 2 saturated heterocycles. The smallest absolute Gasteiger partial charge is 0.226 e. The maximum atomic E-state index is 12.3. The quantitative estimate of drug-likeness (QED) is 0.697. The first-order valence-corrected chi connectivity index (χ1v) is 9.69. The molecule has 2 unspecified atom stereocenters. The van der Waals surface area contributed by atoms with Gasteiger partial charge in [-0.3, -0.25) is 9.59 Å². The lowest BCUT2D eigenvalue weighted by Gasteiger charge is -2.32. The molecule has 0 saturated carbocycles. The average molecular weight is 358 g/mol. The molecule has 0 aromatic heterocycles. The van der Waals surface area contributed by atoms with Gasteiger partial charge in [0.2, 0.25) is 11.8 Å². The van der Waals surface area contributed by atoms with Gasteiger partial charge in [0.05, 0.1) is 0 Å². The van der Waals surface area contributed by atoms with Gasteiger partial charge in [0.15, 0.2) is 0 Å². The number of carbonyl (C=O) groups is 2. The molecule has 0 radical (unpaired) electrons. The van der Waals surface area contributed by atoms with E-state index in [9.17, 15) is 9.59 Å². The van der Waals surface area contributed by atoms with Crippen LogP contribution in [0.15, 0.2) is 24.3 Å². The van der Waals surface area contributed by atoms with Crippen molar-refractivity contribution in [3.63, 3.8) is 0 Å². The van der Waals surface area contributed by atoms with Gasteiger partial charge in [-0.05, 0) is 57.0 Å². The molecule has 2 heterocycles. The van der Waals surface area contributed by atoms with Crippen molar-refractivity contribution in [1.82, 2.24) is 10.6 Å². The molecular formula is C20H30N4O2. The Bertz CT molecular complexity index is 638. The SMILES string of the molecule is CC(CC(=O)Nc1cccc(N2CCCC2)c1)NC(=O)C(C)C1CNC1. The highest BCUT2D eigenvalue weighted by Crippen LogP contribution is 2.23.